The van der Waals surface area contributed by atoms with E-state index < -0.39 is 0 Å². The van der Waals surface area contributed by atoms with Crippen LogP contribution in [-0.4, -0.2) is 4.98 Å². The van der Waals surface area contributed by atoms with E-state index in [1.807, 2.05) is 12.1 Å². The van der Waals surface area contributed by atoms with Crippen LogP contribution in [0.25, 0.3) is 0 Å². The summed E-state index contributed by atoms with van der Waals surface area (Å²) in [7, 11) is 0. The number of nitrogens with two attached hydrogens (primary N) is 1. The van der Waals surface area contributed by atoms with Crippen molar-refractivity contribution in [2.45, 2.75) is 13.5 Å². The zero-order chi connectivity index (χ0) is 12.3. The number of rotatable bonds is 3. The highest BCUT2D eigenvalue weighted by Crippen LogP contribution is 2.27. The van der Waals surface area contributed by atoms with Gasteiger partial charge in [-0.15, -0.1) is 0 Å². The Morgan fingerprint density at radius 2 is 2.06 bits per heavy atom. The van der Waals surface area contributed by atoms with Gasteiger partial charge in [0.05, 0.1) is 22.0 Å². The number of pyridine rings is 1. The largest absolute Gasteiger partial charge is 0.396 e. The second kappa shape index (κ2) is 5.19. The van der Waals surface area contributed by atoms with Crippen molar-refractivity contribution in [3.05, 3.63) is 52.3 Å². The Bertz CT molecular complexity index is 506. The summed E-state index contributed by atoms with van der Waals surface area (Å²) < 4.78 is 0.881. The lowest BCUT2D eigenvalue weighted by atomic mass is 10.1. The smallest absolute Gasteiger partial charge is 0.0752 e. The Morgan fingerprint density at radius 1 is 1.29 bits per heavy atom. The molecule has 0 aliphatic heterocycles. The fourth-order valence-corrected chi connectivity index (χ4v) is 2.12. The summed E-state index contributed by atoms with van der Waals surface area (Å²) in [6.45, 7) is 2.85. The molecule has 88 valence electrons. The van der Waals surface area contributed by atoms with Gasteiger partial charge < -0.3 is 11.1 Å². The lowest BCUT2D eigenvalue weighted by Crippen LogP contribution is -2.04. The van der Waals surface area contributed by atoms with Crippen molar-refractivity contribution in [1.29, 1.82) is 0 Å². The molecular weight excluding hydrogens is 278 g/mol. The quantitative estimate of drug-likeness (QED) is 0.912. The van der Waals surface area contributed by atoms with Crippen LogP contribution in [0.4, 0.5) is 11.4 Å². The molecule has 1 heterocycles. The van der Waals surface area contributed by atoms with Crippen LogP contribution < -0.4 is 11.1 Å². The van der Waals surface area contributed by atoms with E-state index in [0.717, 1.165) is 16.7 Å². The third-order valence-corrected chi connectivity index (χ3v) is 3.25. The Balaban J connectivity index is 2.16. The minimum atomic E-state index is 0.646. The van der Waals surface area contributed by atoms with Gasteiger partial charge in [0.1, 0.15) is 0 Å². The molecule has 4 heteroatoms. The first-order chi connectivity index (χ1) is 8.18. The standard InChI is InChI=1S/C13H14BrN3/c1-9-4-2-3-5-10(9)6-17-13-11(14)7-16-8-12(13)15/h2-5,7-8H,6,15H2,1H3,(H,16,17). The average Bonchev–Trinajstić information content (AvgIpc) is 2.30. The summed E-state index contributed by atoms with van der Waals surface area (Å²) in [5.74, 6) is 0. The molecule has 1 aromatic carbocycles. The summed E-state index contributed by atoms with van der Waals surface area (Å²) in [4.78, 5) is 4.01. The van der Waals surface area contributed by atoms with E-state index in [2.05, 4.69) is 45.3 Å². The predicted octanol–water partition coefficient (Wildman–Crippen LogP) is 3.35. The topological polar surface area (TPSA) is 50.9 Å². The molecule has 3 N–H and O–H groups in total. The fraction of sp³-hybridized carbons (Fsp3) is 0.154. The minimum Gasteiger partial charge on any atom is -0.396 e. The molecular formula is C13H14BrN3. The van der Waals surface area contributed by atoms with Gasteiger partial charge in [0.25, 0.3) is 0 Å². The Labute approximate surface area is 109 Å². The molecule has 0 aliphatic carbocycles. The van der Waals surface area contributed by atoms with E-state index in [-0.39, 0.29) is 0 Å². The molecule has 1 aromatic heterocycles. The molecule has 0 bridgehead atoms. The van der Waals surface area contributed by atoms with Crippen LogP contribution in [0.2, 0.25) is 0 Å². The van der Waals surface area contributed by atoms with Crippen LogP contribution in [-0.2, 0) is 6.54 Å². The first kappa shape index (κ1) is 11.9. The number of nitrogens with one attached hydrogen (secondary N) is 1. The fourth-order valence-electron chi connectivity index (χ4n) is 1.63. The number of hydrogen-bond acceptors (Lipinski definition) is 3. The van der Waals surface area contributed by atoms with E-state index in [1.165, 1.54) is 11.1 Å². The summed E-state index contributed by atoms with van der Waals surface area (Å²) in [6.07, 6.45) is 3.38. The second-order valence-corrected chi connectivity index (χ2v) is 4.72. The maximum Gasteiger partial charge on any atom is 0.0752 e. The number of aryl methyl sites for hydroxylation is 1. The Hall–Kier alpha value is -1.55. The van der Waals surface area contributed by atoms with Gasteiger partial charge >= 0.3 is 0 Å². The van der Waals surface area contributed by atoms with Gasteiger partial charge in [-0.1, -0.05) is 24.3 Å². The van der Waals surface area contributed by atoms with Crippen LogP contribution in [0.15, 0.2) is 41.1 Å². The molecule has 2 aromatic rings. The highest BCUT2D eigenvalue weighted by Gasteiger charge is 2.04. The monoisotopic (exact) mass is 291 g/mol. The Morgan fingerprint density at radius 3 is 2.76 bits per heavy atom. The van der Waals surface area contributed by atoms with Crippen LogP contribution in [0.5, 0.6) is 0 Å². The van der Waals surface area contributed by atoms with Crippen molar-refractivity contribution in [2.24, 2.45) is 0 Å². The lowest BCUT2D eigenvalue weighted by Gasteiger charge is -2.12. The molecule has 0 fully saturated rings. The molecule has 3 nitrogen and oxygen atoms in total. The van der Waals surface area contributed by atoms with E-state index in [1.54, 1.807) is 12.4 Å². The van der Waals surface area contributed by atoms with Crippen molar-refractivity contribution < 1.29 is 0 Å². The summed E-state index contributed by atoms with van der Waals surface area (Å²) in [5.41, 5.74) is 9.93. The second-order valence-electron chi connectivity index (χ2n) is 3.87. The summed E-state index contributed by atoms with van der Waals surface area (Å²) in [6, 6.07) is 8.28. The molecule has 0 amide bonds. The molecule has 0 saturated carbocycles. The number of hydrogen-bond donors (Lipinski definition) is 2. The molecule has 0 atom stereocenters. The van der Waals surface area contributed by atoms with Crippen LogP contribution in [0.1, 0.15) is 11.1 Å². The molecule has 17 heavy (non-hydrogen) atoms. The van der Waals surface area contributed by atoms with Gasteiger partial charge in [-0.3, -0.25) is 4.98 Å². The number of aromatic nitrogens is 1. The first-order valence-corrected chi connectivity index (χ1v) is 6.15. The Kier molecular flexibility index (Phi) is 3.64. The average molecular weight is 292 g/mol. The van der Waals surface area contributed by atoms with Gasteiger partial charge in [-0.05, 0) is 34.0 Å². The van der Waals surface area contributed by atoms with E-state index in [0.29, 0.717) is 5.69 Å². The predicted molar refractivity (Wildman–Crippen MR) is 74.9 cm³/mol. The third kappa shape index (κ3) is 2.77. The molecule has 0 saturated heterocycles. The van der Waals surface area contributed by atoms with E-state index in [4.69, 9.17) is 5.73 Å². The normalized spacial score (nSPS) is 10.2. The highest BCUT2D eigenvalue weighted by molar-refractivity contribution is 9.10. The summed E-state index contributed by atoms with van der Waals surface area (Å²) >= 11 is 3.43. The SMILES string of the molecule is Cc1ccccc1CNc1c(N)cncc1Br. The molecule has 0 unspecified atom stereocenters. The van der Waals surface area contributed by atoms with Crippen molar-refractivity contribution in [1.82, 2.24) is 4.98 Å². The van der Waals surface area contributed by atoms with Gasteiger partial charge in [0, 0.05) is 12.7 Å². The maximum atomic E-state index is 5.87. The van der Waals surface area contributed by atoms with Crippen molar-refractivity contribution >= 4 is 27.3 Å². The van der Waals surface area contributed by atoms with Gasteiger partial charge in [0.2, 0.25) is 0 Å². The first-order valence-electron chi connectivity index (χ1n) is 5.36. The van der Waals surface area contributed by atoms with Gasteiger partial charge in [-0.25, -0.2) is 0 Å². The van der Waals surface area contributed by atoms with Crippen LogP contribution >= 0.6 is 15.9 Å². The number of anilines is 2. The minimum absolute atomic E-state index is 0.646. The molecule has 0 aliphatic rings. The number of nitrogens with zero attached hydrogens (tertiary/aromatic N) is 1. The molecule has 0 spiro atoms. The number of benzene rings is 1. The zero-order valence-electron chi connectivity index (χ0n) is 9.57. The van der Waals surface area contributed by atoms with Crippen molar-refractivity contribution in [3.63, 3.8) is 0 Å². The van der Waals surface area contributed by atoms with E-state index >= 15 is 0 Å². The third-order valence-electron chi connectivity index (χ3n) is 2.65. The number of nitrogen functional groups attached to an aromatic ring is 1. The van der Waals surface area contributed by atoms with Crippen LogP contribution in [0, 0.1) is 6.92 Å². The van der Waals surface area contributed by atoms with Gasteiger partial charge in [-0.2, -0.15) is 0 Å². The summed E-state index contributed by atoms with van der Waals surface area (Å²) in [5, 5.41) is 3.33. The van der Waals surface area contributed by atoms with Crippen molar-refractivity contribution in [3.8, 4) is 0 Å². The van der Waals surface area contributed by atoms with Crippen molar-refractivity contribution in [2.75, 3.05) is 11.1 Å². The van der Waals surface area contributed by atoms with Gasteiger partial charge in [0.15, 0.2) is 0 Å². The number of halogens is 1. The lowest BCUT2D eigenvalue weighted by molar-refractivity contribution is 1.11. The highest BCUT2D eigenvalue weighted by atomic mass is 79.9. The van der Waals surface area contributed by atoms with E-state index in [9.17, 15) is 0 Å². The maximum absolute atomic E-state index is 5.87. The molecule has 0 radical (unpaired) electrons. The molecule has 2 rings (SSSR count). The van der Waals surface area contributed by atoms with Crippen LogP contribution in [0.3, 0.4) is 0 Å². The zero-order valence-corrected chi connectivity index (χ0v) is 11.2.